The molecule has 0 amide bonds. The molecule has 1 aliphatic heterocycles. The summed E-state index contributed by atoms with van der Waals surface area (Å²) in [5.41, 5.74) is 2.57. The number of hydrogen-bond donors (Lipinski definition) is 1. The van der Waals surface area contributed by atoms with Crippen molar-refractivity contribution in [3.05, 3.63) is 60.2 Å². The summed E-state index contributed by atoms with van der Waals surface area (Å²) >= 11 is 0. The van der Waals surface area contributed by atoms with Crippen LogP contribution in [0.3, 0.4) is 0 Å². The van der Waals surface area contributed by atoms with Gasteiger partial charge in [0.15, 0.2) is 0 Å². The number of rotatable bonds is 6. The topological polar surface area (TPSA) is 24.5 Å². The second kappa shape index (κ2) is 7.32. The minimum absolute atomic E-state index is 0.423. The Morgan fingerprint density at radius 3 is 2.73 bits per heavy atom. The van der Waals surface area contributed by atoms with E-state index in [-0.39, 0.29) is 0 Å². The molecule has 1 heterocycles. The van der Waals surface area contributed by atoms with Crippen molar-refractivity contribution in [1.29, 1.82) is 0 Å². The second-order valence-corrected chi connectivity index (χ2v) is 5.79. The fourth-order valence-corrected chi connectivity index (χ4v) is 2.96. The van der Waals surface area contributed by atoms with Crippen molar-refractivity contribution in [2.24, 2.45) is 0 Å². The quantitative estimate of drug-likeness (QED) is 0.824. The van der Waals surface area contributed by atoms with Crippen LogP contribution in [0.5, 0.6) is 5.75 Å². The zero-order valence-electron chi connectivity index (χ0n) is 13.2. The average molecular weight is 296 g/mol. The van der Waals surface area contributed by atoms with Gasteiger partial charge in [0.1, 0.15) is 5.75 Å². The third kappa shape index (κ3) is 3.60. The minimum Gasteiger partial charge on any atom is -0.493 e. The van der Waals surface area contributed by atoms with E-state index in [0.717, 1.165) is 38.3 Å². The van der Waals surface area contributed by atoms with E-state index < -0.39 is 0 Å². The molecular formula is C19H24N2O. The number of hydrogen-bond acceptors (Lipinski definition) is 3. The number of nitrogens with zero attached hydrogens (tertiary/aromatic N) is 1. The van der Waals surface area contributed by atoms with Crippen molar-refractivity contribution < 1.29 is 4.74 Å². The molecule has 1 aliphatic rings. The Hall–Kier alpha value is -2.00. The fourth-order valence-electron chi connectivity index (χ4n) is 2.96. The van der Waals surface area contributed by atoms with Gasteiger partial charge in [0.05, 0.1) is 6.61 Å². The van der Waals surface area contributed by atoms with E-state index in [0.29, 0.717) is 6.04 Å². The van der Waals surface area contributed by atoms with E-state index >= 15 is 0 Å². The van der Waals surface area contributed by atoms with Gasteiger partial charge >= 0.3 is 0 Å². The summed E-state index contributed by atoms with van der Waals surface area (Å²) < 4.78 is 5.71. The third-order valence-electron chi connectivity index (χ3n) is 4.22. The van der Waals surface area contributed by atoms with Crippen molar-refractivity contribution in [3.63, 3.8) is 0 Å². The highest BCUT2D eigenvalue weighted by molar-refractivity contribution is 5.44. The lowest BCUT2D eigenvalue weighted by molar-refractivity contribution is 0.253. The van der Waals surface area contributed by atoms with Gasteiger partial charge in [-0.25, -0.2) is 0 Å². The predicted octanol–water partition coefficient (Wildman–Crippen LogP) is 3.63. The summed E-state index contributed by atoms with van der Waals surface area (Å²) in [5.74, 6) is 1.03. The van der Waals surface area contributed by atoms with Crippen LogP contribution in [-0.4, -0.2) is 26.7 Å². The van der Waals surface area contributed by atoms with E-state index in [2.05, 4.69) is 65.8 Å². The van der Waals surface area contributed by atoms with Crippen LogP contribution in [0.4, 0.5) is 5.69 Å². The summed E-state index contributed by atoms with van der Waals surface area (Å²) in [5, 5.41) is 3.68. The van der Waals surface area contributed by atoms with Gasteiger partial charge in [0.2, 0.25) is 0 Å². The minimum atomic E-state index is 0.423. The molecule has 1 N–H and O–H groups in total. The zero-order valence-corrected chi connectivity index (χ0v) is 13.2. The maximum atomic E-state index is 5.71. The van der Waals surface area contributed by atoms with Gasteiger partial charge in [-0.2, -0.15) is 0 Å². The van der Waals surface area contributed by atoms with Gasteiger partial charge in [-0.15, -0.1) is 0 Å². The van der Waals surface area contributed by atoms with Crippen molar-refractivity contribution in [1.82, 2.24) is 5.32 Å². The number of para-hydroxylation sites is 2. The SMILES string of the molecule is CN(CCCNC1CCOc2ccccc21)c1ccccc1. The lowest BCUT2D eigenvalue weighted by Gasteiger charge is -2.27. The molecule has 0 bridgehead atoms. The zero-order chi connectivity index (χ0) is 15.2. The Morgan fingerprint density at radius 2 is 1.86 bits per heavy atom. The molecule has 0 aromatic heterocycles. The standard InChI is InChI=1S/C19H24N2O/c1-21(16-8-3-2-4-9-16)14-7-13-20-18-12-15-22-19-11-6-5-10-17(18)19/h2-6,8-11,18,20H,7,12-15H2,1H3. The van der Waals surface area contributed by atoms with Crippen LogP contribution in [0.25, 0.3) is 0 Å². The lowest BCUT2D eigenvalue weighted by atomic mass is 10.0. The fraction of sp³-hybridized carbons (Fsp3) is 0.368. The van der Waals surface area contributed by atoms with Crippen LogP contribution in [0.15, 0.2) is 54.6 Å². The van der Waals surface area contributed by atoms with Gasteiger partial charge in [0, 0.05) is 37.3 Å². The first kappa shape index (κ1) is 14.9. The van der Waals surface area contributed by atoms with Crippen molar-refractivity contribution in [2.45, 2.75) is 18.9 Å². The summed E-state index contributed by atoms with van der Waals surface area (Å²) in [7, 11) is 2.15. The Kier molecular flexibility index (Phi) is 4.96. The highest BCUT2D eigenvalue weighted by Gasteiger charge is 2.19. The molecule has 0 saturated heterocycles. The molecule has 3 nitrogen and oxygen atoms in total. The number of fused-ring (bicyclic) bond motifs is 1. The predicted molar refractivity (Wildman–Crippen MR) is 91.6 cm³/mol. The molecule has 1 unspecified atom stereocenters. The normalized spacial score (nSPS) is 16.7. The average Bonchev–Trinajstić information content (AvgIpc) is 2.59. The monoisotopic (exact) mass is 296 g/mol. The third-order valence-corrected chi connectivity index (χ3v) is 4.22. The summed E-state index contributed by atoms with van der Waals surface area (Å²) in [6.45, 7) is 2.89. The smallest absolute Gasteiger partial charge is 0.124 e. The molecule has 3 heteroatoms. The van der Waals surface area contributed by atoms with Crippen LogP contribution in [0.1, 0.15) is 24.4 Å². The Balaban J connectivity index is 1.46. The summed E-state index contributed by atoms with van der Waals surface area (Å²) in [4.78, 5) is 2.31. The maximum absolute atomic E-state index is 5.71. The first-order valence-electron chi connectivity index (χ1n) is 8.06. The molecular weight excluding hydrogens is 272 g/mol. The molecule has 2 aromatic rings. The van der Waals surface area contributed by atoms with Crippen LogP contribution in [-0.2, 0) is 0 Å². The van der Waals surface area contributed by atoms with E-state index in [1.54, 1.807) is 0 Å². The largest absolute Gasteiger partial charge is 0.493 e. The number of anilines is 1. The van der Waals surface area contributed by atoms with Crippen molar-refractivity contribution in [2.75, 3.05) is 31.6 Å². The van der Waals surface area contributed by atoms with Gasteiger partial charge in [-0.3, -0.25) is 0 Å². The Bertz CT molecular complexity index is 585. The summed E-state index contributed by atoms with van der Waals surface area (Å²) in [6, 6.07) is 19.3. The molecule has 22 heavy (non-hydrogen) atoms. The molecule has 0 fully saturated rings. The van der Waals surface area contributed by atoms with Crippen molar-refractivity contribution >= 4 is 5.69 Å². The van der Waals surface area contributed by atoms with Crippen LogP contribution in [0, 0.1) is 0 Å². The van der Waals surface area contributed by atoms with E-state index in [1.807, 2.05) is 6.07 Å². The van der Waals surface area contributed by atoms with E-state index in [9.17, 15) is 0 Å². The first-order valence-corrected chi connectivity index (χ1v) is 8.06. The highest BCUT2D eigenvalue weighted by Crippen LogP contribution is 2.31. The Morgan fingerprint density at radius 1 is 1.09 bits per heavy atom. The van der Waals surface area contributed by atoms with Gasteiger partial charge in [-0.05, 0) is 31.2 Å². The van der Waals surface area contributed by atoms with Gasteiger partial charge in [-0.1, -0.05) is 36.4 Å². The van der Waals surface area contributed by atoms with Gasteiger partial charge in [0.25, 0.3) is 0 Å². The molecule has 116 valence electrons. The lowest BCUT2D eigenvalue weighted by Crippen LogP contribution is -2.30. The molecule has 2 aromatic carbocycles. The molecule has 0 aliphatic carbocycles. The van der Waals surface area contributed by atoms with Gasteiger partial charge < -0.3 is 15.0 Å². The molecule has 0 spiro atoms. The van der Waals surface area contributed by atoms with Crippen molar-refractivity contribution in [3.8, 4) is 5.75 Å². The highest BCUT2D eigenvalue weighted by atomic mass is 16.5. The number of nitrogens with one attached hydrogen (secondary N) is 1. The number of benzene rings is 2. The molecule has 0 saturated carbocycles. The summed E-state index contributed by atoms with van der Waals surface area (Å²) in [6.07, 6.45) is 2.18. The van der Waals surface area contributed by atoms with Crippen LogP contribution >= 0.6 is 0 Å². The Labute approximate surface area is 132 Å². The molecule has 1 atom stereocenters. The molecule has 3 rings (SSSR count). The number of ether oxygens (including phenoxy) is 1. The van der Waals surface area contributed by atoms with E-state index in [1.165, 1.54) is 11.3 Å². The molecule has 0 radical (unpaired) electrons. The van der Waals surface area contributed by atoms with E-state index in [4.69, 9.17) is 4.74 Å². The second-order valence-electron chi connectivity index (χ2n) is 5.79. The van der Waals surface area contributed by atoms with Crippen LogP contribution < -0.4 is 15.0 Å². The van der Waals surface area contributed by atoms with Crippen LogP contribution in [0.2, 0.25) is 0 Å². The first-order chi connectivity index (χ1) is 10.8. The maximum Gasteiger partial charge on any atom is 0.124 e.